The third-order valence-corrected chi connectivity index (χ3v) is 3.64. The highest BCUT2D eigenvalue weighted by molar-refractivity contribution is 6.24. The average Bonchev–Trinajstić information content (AvgIpc) is 2.47. The molecule has 0 nitrogen and oxygen atoms in total. The predicted octanol–water partition coefficient (Wildman–Crippen LogP) is 5.68. The third-order valence-electron chi connectivity index (χ3n) is 2.89. The fourth-order valence-corrected chi connectivity index (χ4v) is 2.53. The maximum absolute atomic E-state index is 6.36. The number of hydrogen-bond donors (Lipinski definition) is 0. The van der Waals surface area contributed by atoms with Gasteiger partial charge in [-0.1, -0.05) is 72.8 Å². The summed E-state index contributed by atoms with van der Waals surface area (Å²) in [7, 11) is 0. The monoisotopic (exact) mass is 290 g/mol. The first-order valence-electron chi connectivity index (χ1n) is 6.32. The minimum absolute atomic E-state index is 0.0517. The summed E-state index contributed by atoms with van der Waals surface area (Å²) in [5, 5.41) is -0.118. The molecule has 2 rings (SSSR count). The zero-order valence-corrected chi connectivity index (χ0v) is 12.1. The number of rotatable bonds is 5. The summed E-state index contributed by atoms with van der Waals surface area (Å²) in [5.74, 6) is 0. The summed E-state index contributed by atoms with van der Waals surface area (Å²) in [6.07, 6.45) is 4.75. The molecule has 0 saturated heterocycles. The molecule has 0 spiro atoms. The molecule has 0 aliphatic heterocycles. The molecule has 0 unspecified atom stereocenters. The molecule has 0 heterocycles. The molecule has 19 heavy (non-hydrogen) atoms. The van der Waals surface area contributed by atoms with E-state index in [4.69, 9.17) is 23.2 Å². The highest BCUT2D eigenvalue weighted by Gasteiger charge is 2.11. The van der Waals surface area contributed by atoms with Gasteiger partial charge in [0.2, 0.25) is 0 Å². The molecule has 0 amide bonds. The van der Waals surface area contributed by atoms with Crippen LogP contribution in [0.5, 0.6) is 0 Å². The molecule has 0 aliphatic rings. The number of allylic oxidation sites excluding steroid dienone is 1. The van der Waals surface area contributed by atoms with Crippen LogP contribution < -0.4 is 0 Å². The smallest absolute Gasteiger partial charge is 0.0602 e. The Morgan fingerprint density at radius 1 is 0.842 bits per heavy atom. The number of hydrogen-bond acceptors (Lipinski definition) is 0. The minimum Gasteiger partial charge on any atom is -0.118 e. The zero-order valence-electron chi connectivity index (χ0n) is 10.5. The molecule has 0 fully saturated rings. The van der Waals surface area contributed by atoms with Gasteiger partial charge in [-0.15, -0.1) is 23.2 Å². The van der Waals surface area contributed by atoms with E-state index in [0.29, 0.717) is 0 Å². The summed E-state index contributed by atoms with van der Waals surface area (Å²) in [4.78, 5) is 0. The summed E-state index contributed by atoms with van der Waals surface area (Å²) < 4.78 is 0. The van der Waals surface area contributed by atoms with Crippen molar-refractivity contribution in [2.24, 2.45) is 0 Å². The van der Waals surface area contributed by atoms with Gasteiger partial charge in [-0.2, -0.15) is 0 Å². The summed E-state index contributed by atoms with van der Waals surface area (Å²) in [6.45, 7) is 0. The Bertz CT molecular complexity index is 505. The molecule has 0 radical (unpaired) electrons. The van der Waals surface area contributed by atoms with Crippen molar-refractivity contribution in [3.05, 3.63) is 77.9 Å². The standard InChI is InChI=1S/C17H16Cl2/c18-16(12-11-14-7-3-1-4-8-14)13-17(19)15-9-5-2-6-10-15/h1-12,16-17H,13H2/b12-11+/t16-,17+/m1/s1. The van der Waals surface area contributed by atoms with Gasteiger partial charge in [0.05, 0.1) is 10.8 Å². The first kappa shape index (κ1) is 14.2. The van der Waals surface area contributed by atoms with Gasteiger partial charge in [0, 0.05) is 0 Å². The van der Waals surface area contributed by atoms with Crippen molar-refractivity contribution < 1.29 is 0 Å². The first-order valence-corrected chi connectivity index (χ1v) is 7.19. The van der Waals surface area contributed by atoms with Crippen molar-refractivity contribution in [1.29, 1.82) is 0 Å². The molecular weight excluding hydrogens is 275 g/mol. The van der Waals surface area contributed by atoms with E-state index in [1.807, 2.05) is 60.7 Å². The molecular formula is C17H16Cl2. The Labute approximate surface area is 124 Å². The van der Waals surface area contributed by atoms with E-state index in [2.05, 4.69) is 12.1 Å². The summed E-state index contributed by atoms with van der Waals surface area (Å²) >= 11 is 12.7. The van der Waals surface area contributed by atoms with E-state index in [-0.39, 0.29) is 10.8 Å². The Hall–Kier alpha value is -1.24. The Morgan fingerprint density at radius 3 is 2.05 bits per heavy atom. The highest BCUT2D eigenvalue weighted by atomic mass is 35.5. The Morgan fingerprint density at radius 2 is 1.42 bits per heavy atom. The van der Waals surface area contributed by atoms with E-state index >= 15 is 0 Å². The van der Waals surface area contributed by atoms with Gasteiger partial charge in [-0.3, -0.25) is 0 Å². The molecule has 0 aromatic heterocycles. The van der Waals surface area contributed by atoms with Crippen molar-refractivity contribution in [3.8, 4) is 0 Å². The fourth-order valence-electron chi connectivity index (χ4n) is 1.85. The van der Waals surface area contributed by atoms with Crippen LogP contribution in [0.4, 0.5) is 0 Å². The van der Waals surface area contributed by atoms with Crippen LogP contribution in [0.1, 0.15) is 22.9 Å². The van der Waals surface area contributed by atoms with E-state index in [1.165, 1.54) is 0 Å². The van der Waals surface area contributed by atoms with Crippen molar-refractivity contribution in [2.75, 3.05) is 0 Å². The van der Waals surface area contributed by atoms with Gasteiger partial charge in [0.25, 0.3) is 0 Å². The molecule has 0 bridgehead atoms. The lowest BCUT2D eigenvalue weighted by atomic mass is 10.1. The van der Waals surface area contributed by atoms with Crippen LogP contribution in [0.15, 0.2) is 66.7 Å². The second kappa shape index (κ2) is 7.37. The normalized spacial score (nSPS) is 14.4. The second-order valence-corrected chi connectivity index (χ2v) is 5.49. The van der Waals surface area contributed by atoms with Crippen LogP contribution >= 0.6 is 23.2 Å². The van der Waals surface area contributed by atoms with Crippen LogP contribution in [-0.4, -0.2) is 5.38 Å². The molecule has 2 heteroatoms. The van der Waals surface area contributed by atoms with Gasteiger partial charge in [-0.05, 0) is 17.5 Å². The fraction of sp³-hybridized carbons (Fsp3) is 0.176. The summed E-state index contributed by atoms with van der Waals surface area (Å²) in [5.41, 5.74) is 2.27. The second-order valence-electron chi connectivity index (χ2n) is 4.40. The number of halogens is 2. The van der Waals surface area contributed by atoms with Gasteiger partial charge in [-0.25, -0.2) is 0 Å². The summed E-state index contributed by atoms with van der Waals surface area (Å²) in [6, 6.07) is 20.2. The van der Waals surface area contributed by atoms with Gasteiger partial charge >= 0.3 is 0 Å². The molecule has 0 saturated carbocycles. The zero-order chi connectivity index (χ0) is 13.5. The topological polar surface area (TPSA) is 0 Å². The quantitative estimate of drug-likeness (QED) is 0.622. The van der Waals surface area contributed by atoms with Crippen molar-refractivity contribution in [2.45, 2.75) is 17.2 Å². The SMILES string of the molecule is Cl[C@H](/C=C/c1ccccc1)C[C@H](Cl)c1ccccc1. The van der Waals surface area contributed by atoms with Gasteiger partial charge in [0.1, 0.15) is 0 Å². The molecule has 0 N–H and O–H groups in total. The average molecular weight is 291 g/mol. The molecule has 0 aliphatic carbocycles. The van der Waals surface area contributed by atoms with E-state index in [1.54, 1.807) is 0 Å². The Kier molecular flexibility index (Phi) is 5.50. The van der Waals surface area contributed by atoms with Crippen LogP contribution in [0.2, 0.25) is 0 Å². The van der Waals surface area contributed by atoms with Crippen molar-refractivity contribution in [3.63, 3.8) is 0 Å². The minimum atomic E-state index is -0.0667. The van der Waals surface area contributed by atoms with Gasteiger partial charge < -0.3 is 0 Å². The molecule has 2 atom stereocenters. The first-order chi connectivity index (χ1) is 9.25. The highest BCUT2D eigenvalue weighted by Crippen LogP contribution is 2.27. The van der Waals surface area contributed by atoms with Crippen LogP contribution in [-0.2, 0) is 0 Å². The predicted molar refractivity (Wildman–Crippen MR) is 84.8 cm³/mol. The van der Waals surface area contributed by atoms with E-state index in [9.17, 15) is 0 Å². The van der Waals surface area contributed by atoms with Crippen LogP contribution in [0.3, 0.4) is 0 Å². The molecule has 2 aromatic carbocycles. The van der Waals surface area contributed by atoms with Crippen molar-refractivity contribution in [1.82, 2.24) is 0 Å². The lowest BCUT2D eigenvalue weighted by Crippen LogP contribution is -2.00. The van der Waals surface area contributed by atoms with Crippen LogP contribution in [0.25, 0.3) is 6.08 Å². The molecule has 2 aromatic rings. The number of alkyl halides is 2. The maximum Gasteiger partial charge on any atom is 0.0602 e. The lowest BCUT2D eigenvalue weighted by molar-refractivity contribution is 0.821. The third kappa shape index (κ3) is 4.74. The lowest BCUT2D eigenvalue weighted by Gasteiger charge is -2.11. The van der Waals surface area contributed by atoms with Crippen LogP contribution in [0, 0.1) is 0 Å². The van der Waals surface area contributed by atoms with Crippen molar-refractivity contribution >= 4 is 29.3 Å². The van der Waals surface area contributed by atoms with E-state index < -0.39 is 0 Å². The maximum atomic E-state index is 6.36. The Balaban J connectivity index is 1.91. The van der Waals surface area contributed by atoms with E-state index in [0.717, 1.165) is 17.5 Å². The number of benzene rings is 2. The molecule has 98 valence electrons. The van der Waals surface area contributed by atoms with Gasteiger partial charge in [0.15, 0.2) is 0 Å². The largest absolute Gasteiger partial charge is 0.118 e.